The lowest BCUT2D eigenvalue weighted by molar-refractivity contribution is -0.139. The van der Waals surface area contributed by atoms with Crippen LogP contribution in [0, 0.1) is 0 Å². The summed E-state index contributed by atoms with van der Waals surface area (Å²) >= 11 is 1.40. The van der Waals surface area contributed by atoms with Crippen molar-refractivity contribution in [3.8, 4) is 17.1 Å². The third-order valence-corrected chi connectivity index (χ3v) is 3.54. The Labute approximate surface area is 135 Å². The molecule has 0 spiro atoms. The van der Waals surface area contributed by atoms with Crippen LogP contribution in [-0.4, -0.2) is 32.6 Å². The van der Waals surface area contributed by atoms with Crippen molar-refractivity contribution in [2.45, 2.75) is 0 Å². The first-order valence-corrected chi connectivity index (χ1v) is 7.54. The van der Waals surface area contributed by atoms with E-state index < -0.39 is 12.6 Å². The second kappa shape index (κ2) is 6.84. The number of anilines is 2. The first kappa shape index (κ1) is 14.9. The minimum Gasteiger partial charge on any atom is -0.479 e. The average molecular weight is 328 g/mol. The highest BCUT2D eigenvalue weighted by Gasteiger charge is 2.10. The van der Waals surface area contributed by atoms with Crippen LogP contribution in [0.2, 0.25) is 0 Å². The fourth-order valence-electron chi connectivity index (χ4n) is 1.80. The Morgan fingerprint density at radius 3 is 2.83 bits per heavy atom. The van der Waals surface area contributed by atoms with Crippen LogP contribution in [0.4, 0.5) is 10.9 Å². The number of hydrogen-bond donors (Lipinski definition) is 2. The maximum absolute atomic E-state index is 10.6. The lowest BCUT2D eigenvalue weighted by atomic mass is 10.3. The molecule has 7 nitrogen and oxygen atoms in total. The Morgan fingerprint density at radius 1 is 1.17 bits per heavy atom. The molecule has 0 aliphatic rings. The Bertz CT molecular complexity index is 807. The van der Waals surface area contributed by atoms with Crippen molar-refractivity contribution < 1.29 is 14.6 Å². The molecule has 0 aromatic carbocycles. The number of nitrogens with zero attached hydrogens (tertiary/aromatic N) is 3. The van der Waals surface area contributed by atoms with E-state index in [9.17, 15) is 4.79 Å². The number of thiazole rings is 1. The molecule has 3 aromatic heterocycles. The highest BCUT2D eigenvalue weighted by atomic mass is 32.1. The Balaban J connectivity index is 1.78. The van der Waals surface area contributed by atoms with E-state index in [1.807, 2.05) is 23.6 Å². The number of aromatic nitrogens is 3. The summed E-state index contributed by atoms with van der Waals surface area (Å²) in [5, 5.41) is 14.2. The molecular formula is C15H12N4O3S. The van der Waals surface area contributed by atoms with Crippen LogP contribution in [0.25, 0.3) is 11.4 Å². The second-order valence-corrected chi connectivity index (χ2v) is 5.27. The Kier molecular flexibility index (Phi) is 4.44. The van der Waals surface area contributed by atoms with Crippen LogP contribution >= 0.6 is 11.3 Å². The second-order valence-electron chi connectivity index (χ2n) is 4.41. The minimum absolute atomic E-state index is 0.351. The predicted molar refractivity (Wildman–Crippen MR) is 86.0 cm³/mol. The van der Waals surface area contributed by atoms with E-state index in [1.54, 1.807) is 24.5 Å². The number of carboxylic acids is 1. The maximum atomic E-state index is 10.6. The van der Waals surface area contributed by atoms with Crippen LogP contribution in [0.5, 0.6) is 5.75 Å². The van der Waals surface area contributed by atoms with Crippen molar-refractivity contribution in [2.24, 2.45) is 0 Å². The van der Waals surface area contributed by atoms with Gasteiger partial charge in [-0.15, -0.1) is 11.3 Å². The van der Waals surface area contributed by atoms with Gasteiger partial charge in [0.05, 0.1) is 5.69 Å². The van der Waals surface area contributed by atoms with Crippen LogP contribution < -0.4 is 10.1 Å². The summed E-state index contributed by atoms with van der Waals surface area (Å²) < 4.78 is 5.20. The van der Waals surface area contributed by atoms with Crippen LogP contribution in [0.1, 0.15) is 0 Å². The fraction of sp³-hybridized carbons (Fsp3) is 0.0667. The number of rotatable bonds is 6. The van der Waals surface area contributed by atoms with Gasteiger partial charge in [0.15, 0.2) is 23.3 Å². The monoisotopic (exact) mass is 328 g/mol. The number of carbonyl (C=O) groups is 1. The molecule has 2 N–H and O–H groups in total. The van der Waals surface area contributed by atoms with Gasteiger partial charge in [-0.1, -0.05) is 6.07 Å². The van der Waals surface area contributed by atoms with Gasteiger partial charge in [-0.05, 0) is 24.3 Å². The van der Waals surface area contributed by atoms with Crippen LogP contribution in [-0.2, 0) is 4.79 Å². The van der Waals surface area contributed by atoms with Gasteiger partial charge in [0.1, 0.15) is 5.69 Å². The zero-order chi connectivity index (χ0) is 16.1. The molecule has 8 heteroatoms. The topological polar surface area (TPSA) is 97.2 Å². The van der Waals surface area contributed by atoms with E-state index in [-0.39, 0.29) is 0 Å². The van der Waals surface area contributed by atoms with E-state index in [1.165, 1.54) is 11.3 Å². The van der Waals surface area contributed by atoms with Crippen LogP contribution in [0.3, 0.4) is 0 Å². The molecule has 3 rings (SSSR count). The molecule has 0 saturated carbocycles. The molecule has 0 amide bonds. The number of nitrogens with one attached hydrogen (secondary N) is 1. The van der Waals surface area contributed by atoms with Crippen LogP contribution in [0.15, 0.2) is 48.1 Å². The Morgan fingerprint density at radius 2 is 2.04 bits per heavy atom. The lowest BCUT2D eigenvalue weighted by Crippen LogP contribution is -2.10. The van der Waals surface area contributed by atoms with Gasteiger partial charge in [0.25, 0.3) is 0 Å². The van der Waals surface area contributed by atoms with Gasteiger partial charge in [-0.3, -0.25) is 4.98 Å². The highest BCUT2D eigenvalue weighted by molar-refractivity contribution is 7.14. The van der Waals surface area contributed by atoms with Gasteiger partial charge in [-0.25, -0.2) is 14.8 Å². The third kappa shape index (κ3) is 3.80. The van der Waals surface area contributed by atoms with E-state index in [0.717, 1.165) is 11.4 Å². The van der Waals surface area contributed by atoms with Gasteiger partial charge < -0.3 is 15.2 Å². The summed E-state index contributed by atoms with van der Waals surface area (Å²) in [4.78, 5) is 23.5. The number of carboxylic acid groups (broad SMARTS) is 1. The zero-order valence-electron chi connectivity index (χ0n) is 11.8. The summed E-state index contributed by atoms with van der Waals surface area (Å²) in [5.41, 5.74) is 1.53. The molecule has 0 aliphatic carbocycles. The normalized spacial score (nSPS) is 10.3. The standard InChI is InChI=1S/C15H12N4O3S/c20-13(21)8-22-12-5-3-7-17-14(12)19-15-18-11(9-23-15)10-4-1-2-6-16-10/h1-7,9H,8H2,(H,20,21)(H,17,18,19). The molecule has 0 aliphatic heterocycles. The summed E-state index contributed by atoms with van der Waals surface area (Å²) in [6.45, 7) is -0.433. The molecule has 0 saturated heterocycles. The SMILES string of the molecule is O=C(O)COc1cccnc1Nc1nc(-c2ccccn2)cs1. The molecule has 0 fully saturated rings. The first-order valence-electron chi connectivity index (χ1n) is 6.66. The van der Waals surface area contributed by atoms with E-state index >= 15 is 0 Å². The van der Waals surface area contributed by atoms with E-state index in [0.29, 0.717) is 16.7 Å². The van der Waals surface area contributed by atoms with E-state index in [4.69, 9.17) is 9.84 Å². The molecule has 0 unspecified atom stereocenters. The van der Waals surface area contributed by atoms with E-state index in [2.05, 4.69) is 20.3 Å². The predicted octanol–water partition coefficient (Wildman–Crippen LogP) is 2.81. The minimum atomic E-state index is -1.05. The Hall–Kier alpha value is -3.00. The zero-order valence-corrected chi connectivity index (χ0v) is 12.7. The van der Waals surface area contributed by atoms with Crippen molar-refractivity contribution in [2.75, 3.05) is 11.9 Å². The summed E-state index contributed by atoms with van der Waals surface area (Å²) in [6, 6.07) is 8.93. The number of ether oxygens (including phenoxy) is 1. The quantitative estimate of drug-likeness (QED) is 0.718. The summed E-state index contributed by atoms with van der Waals surface area (Å²) in [6.07, 6.45) is 3.29. The first-order chi connectivity index (χ1) is 11.2. The fourth-order valence-corrected chi connectivity index (χ4v) is 2.51. The van der Waals surface area contributed by atoms with Gasteiger partial charge in [0, 0.05) is 17.8 Å². The molecule has 0 bridgehead atoms. The maximum Gasteiger partial charge on any atom is 0.341 e. The molecule has 3 aromatic rings. The van der Waals surface area contributed by atoms with Gasteiger partial charge in [-0.2, -0.15) is 0 Å². The molecular weight excluding hydrogens is 316 g/mol. The highest BCUT2D eigenvalue weighted by Crippen LogP contribution is 2.29. The number of aliphatic carboxylic acids is 1. The molecule has 23 heavy (non-hydrogen) atoms. The van der Waals surface area contributed by atoms with Crippen molar-refractivity contribution in [3.63, 3.8) is 0 Å². The van der Waals surface area contributed by atoms with Gasteiger partial charge in [0.2, 0.25) is 0 Å². The average Bonchev–Trinajstić information content (AvgIpc) is 3.03. The summed E-state index contributed by atoms with van der Waals surface area (Å²) in [5.74, 6) is -0.286. The molecule has 3 heterocycles. The largest absolute Gasteiger partial charge is 0.479 e. The number of hydrogen-bond acceptors (Lipinski definition) is 7. The van der Waals surface area contributed by atoms with Crippen molar-refractivity contribution in [3.05, 3.63) is 48.1 Å². The van der Waals surface area contributed by atoms with Crippen molar-refractivity contribution in [1.82, 2.24) is 15.0 Å². The van der Waals surface area contributed by atoms with Crippen molar-refractivity contribution in [1.29, 1.82) is 0 Å². The summed E-state index contributed by atoms with van der Waals surface area (Å²) in [7, 11) is 0. The van der Waals surface area contributed by atoms with Crippen molar-refractivity contribution >= 4 is 28.3 Å². The molecule has 0 radical (unpaired) electrons. The third-order valence-electron chi connectivity index (χ3n) is 2.78. The lowest BCUT2D eigenvalue weighted by Gasteiger charge is -2.08. The molecule has 116 valence electrons. The smallest absolute Gasteiger partial charge is 0.341 e. The van der Waals surface area contributed by atoms with Gasteiger partial charge >= 0.3 is 5.97 Å². The molecule has 0 atom stereocenters. The number of pyridine rings is 2.